The molecular formula is C22H28ClNO3. The second-order valence-electron chi connectivity index (χ2n) is 8.08. The van der Waals surface area contributed by atoms with Crippen molar-refractivity contribution >= 4 is 23.9 Å². The number of nitrogens with zero attached hydrogens (tertiary/aromatic N) is 1. The summed E-state index contributed by atoms with van der Waals surface area (Å²) in [5.41, 5.74) is 1.48. The Morgan fingerprint density at radius 1 is 1.37 bits per heavy atom. The summed E-state index contributed by atoms with van der Waals surface area (Å²) in [6.45, 7) is 9.90. The Morgan fingerprint density at radius 2 is 2.11 bits per heavy atom. The molecule has 2 unspecified atom stereocenters. The van der Waals surface area contributed by atoms with Gasteiger partial charge in [-0.15, -0.1) is 0 Å². The van der Waals surface area contributed by atoms with Crippen LogP contribution in [0, 0.1) is 24.7 Å². The van der Waals surface area contributed by atoms with Gasteiger partial charge in [-0.3, -0.25) is 14.5 Å². The highest BCUT2D eigenvalue weighted by Crippen LogP contribution is 2.31. The maximum atomic E-state index is 12.2. The Hall–Kier alpha value is -1.83. The molecular weight excluding hydrogens is 362 g/mol. The molecule has 2 aliphatic heterocycles. The van der Waals surface area contributed by atoms with Crippen molar-refractivity contribution in [3.63, 3.8) is 0 Å². The molecule has 0 aliphatic carbocycles. The zero-order valence-electron chi connectivity index (χ0n) is 16.5. The van der Waals surface area contributed by atoms with Crippen molar-refractivity contribution in [2.24, 2.45) is 5.92 Å². The van der Waals surface area contributed by atoms with Crippen LogP contribution in [-0.4, -0.2) is 41.9 Å². The second kappa shape index (κ2) is 9.39. The smallest absolute Gasteiger partial charge is 0.293 e. The molecule has 0 bridgehead atoms. The van der Waals surface area contributed by atoms with Gasteiger partial charge in [-0.05, 0) is 77.1 Å². The van der Waals surface area contributed by atoms with Gasteiger partial charge >= 0.3 is 0 Å². The van der Waals surface area contributed by atoms with Gasteiger partial charge < -0.3 is 4.74 Å². The van der Waals surface area contributed by atoms with Gasteiger partial charge in [0.25, 0.3) is 6.47 Å². The highest BCUT2D eigenvalue weighted by atomic mass is 35.5. The van der Waals surface area contributed by atoms with E-state index in [0.29, 0.717) is 17.5 Å². The molecule has 0 spiro atoms. The molecule has 2 fully saturated rings. The monoisotopic (exact) mass is 389 g/mol. The lowest BCUT2D eigenvalue weighted by molar-refractivity contribution is -0.138. The maximum absolute atomic E-state index is 12.2. The van der Waals surface area contributed by atoms with Gasteiger partial charge in [-0.2, -0.15) is 0 Å². The summed E-state index contributed by atoms with van der Waals surface area (Å²) < 4.78 is 4.55. The van der Waals surface area contributed by atoms with E-state index in [1.165, 1.54) is 12.8 Å². The van der Waals surface area contributed by atoms with Gasteiger partial charge in [0.05, 0.1) is 0 Å². The van der Waals surface area contributed by atoms with E-state index in [4.69, 9.17) is 11.6 Å². The van der Waals surface area contributed by atoms with Gasteiger partial charge in [0, 0.05) is 29.1 Å². The quantitative estimate of drug-likeness (QED) is 0.566. The first kappa shape index (κ1) is 21.5. The van der Waals surface area contributed by atoms with Crippen molar-refractivity contribution in [3.05, 3.63) is 34.3 Å². The van der Waals surface area contributed by atoms with Gasteiger partial charge in [-0.25, -0.2) is 0 Å². The van der Waals surface area contributed by atoms with E-state index in [1.54, 1.807) is 0 Å². The molecule has 0 aromatic heterocycles. The van der Waals surface area contributed by atoms with Crippen molar-refractivity contribution in [1.82, 2.24) is 4.90 Å². The molecule has 1 aromatic carbocycles. The van der Waals surface area contributed by atoms with Crippen molar-refractivity contribution in [2.75, 3.05) is 13.1 Å². The van der Waals surface area contributed by atoms with E-state index in [2.05, 4.69) is 21.5 Å². The lowest BCUT2D eigenvalue weighted by atomic mass is 9.98. The highest BCUT2D eigenvalue weighted by molar-refractivity contribution is 6.31. The fourth-order valence-electron chi connectivity index (χ4n) is 3.40. The first-order valence-corrected chi connectivity index (χ1v) is 9.75. The number of carbonyl (C=O) groups excluding carboxylic acids is 2. The topological polar surface area (TPSA) is 46.6 Å². The van der Waals surface area contributed by atoms with Crippen LogP contribution in [0.25, 0.3) is 0 Å². The molecule has 3 rings (SSSR count). The molecule has 2 aliphatic rings. The number of Topliss-reactive ketones (excluding diaryl/α,β-unsaturated/α-hetero) is 1. The average Bonchev–Trinajstić information content (AvgIpc) is 3.17. The Morgan fingerprint density at radius 3 is 2.70 bits per heavy atom. The van der Waals surface area contributed by atoms with E-state index in [9.17, 15) is 9.59 Å². The summed E-state index contributed by atoms with van der Waals surface area (Å²) in [6.07, 6.45) is 3.51. The minimum atomic E-state index is -0.318. The average molecular weight is 390 g/mol. The van der Waals surface area contributed by atoms with Gasteiger partial charge in [-0.1, -0.05) is 23.6 Å². The molecule has 4 nitrogen and oxygen atoms in total. The Kier molecular flexibility index (Phi) is 7.47. The number of ketones is 1. The summed E-state index contributed by atoms with van der Waals surface area (Å²) in [5.74, 6) is 6.00. The Balaban J connectivity index is 0.000000321. The van der Waals surface area contributed by atoms with Crippen molar-refractivity contribution in [3.8, 4) is 11.8 Å². The molecule has 27 heavy (non-hydrogen) atoms. The SMILES string of the molecule is CC(C)(C)OC=O.Cc1c(Cl)cccc1C#CC(=O)C1CC2CCCN2C1. The number of halogens is 1. The maximum Gasteiger partial charge on any atom is 0.293 e. The fraction of sp³-hybridized carbons (Fsp3) is 0.545. The largest absolute Gasteiger partial charge is 0.462 e. The molecule has 0 amide bonds. The van der Waals surface area contributed by atoms with Gasteiger partial charge in [0.2, 0.25) is 5.78 Å². The van der Waals surface area contributed by atoms with Crippen LogP contribution >= 0.6 is 11.6 Å². The number of fused-ring (bicyclic) bond motifs is 1. The summed E-state index contributed by atoms with van der Waals surface area (Å²) >= 11 is 6.06. The molecule has 0 radical (unpaired) electrons. The summed E-state index contributed by atoms with van der Waals surface area (Å²) in [4.78, 5) is 24.3. The number of hydrogen-bond donors (Lipinski definition) is 0. The van der Waals surface area contributed by atoms with E-state index in [0.717, 1.165) is 30.6 Å². The van der Waals surface area contributed by atoms with Gasteiger partial charge in [0.15, 0.2) is 0 Å². The van der Waals surface area contributed by atoms with Crippen LogP contribution < -0.4 is 0 Å². The van der Waals surface area contributed by atoms with Crippen LogP contribution in [0.1, 0.15) is 51.2 Å². The molecule has 2 saturated heterocycles. The third kappa shape index (κ3) is 6.37. The molecule has 1 aromatic rings. The van der Waals surface area contributed by atoms with Crippen molar-refractivity contribution in [1.29, 1.82) is 0 Å². The van der Waals surface area contributed by atoms with Gasteiger partial charge in [0.1, 0.15) is 5.60 Å². The van der Waals surface area contributed by atoms with Crippen LogP contribution in [-0.2, 0) is 14.3 Å². The normalized spacial score (nSPS) is 21.4. The minimum Gasteiger partial charge on any atom is -0.462 e. The molecule has 5 heteroatoms. The number of ether oxygens (including phenoxy) is 1. The van der Waals surface area contributed by atoms with Crippen molar-refractivity contribution < 1.29 is 14.3 Å². The number of benzene rings is 1. The van der Waals surface area contributed by atoms with Crippen LogP contribution in [0.2, 0.25) is 5.02 Å². The number of hydrogen-bond acceptors (Lipinski definition) is 4. The van der Waals surface area contributed by atoms with Crippen LogP contribution in [0.5, 0.6) is 0 Å². The highest BCUT2D eigenvalue weighted by Gasteiger charge is 2.37. The second-order valence-corrected chi connectivity index (χ2v) is 8.48. The Bertz CT molecular complexity index is 730. The molecule has 0 saturated carbocycles. The third-order valence-electron chi connectivity index (χ3n) is 4.87. The van der Waals surface area contributed by atoms with E-state index >= 15 is 0 Å². The molecule has 146 valence electrons. The minimum absolute atomic E-state index is 0.0822. The first-order chi connectivity index (χ1) is 12.7. The number of rotatable bonds is 2. The lowest BCUT2D eigenvalue weighted by Crippen LogP contribution is -2.23. The molecule has 2 heterocycles. The molecule has 2 atom stereocenters. The zero-order valence-corrected chi connectivity index (χ0v) is 17.3. The fourth-order valence-corrected chi connectivity index (χ4v) is 3.57. The summed E-state index contributed by atoms with van der Waals surface area (Å²) in [6, 6.07) is 6.25. The molecule has 0 N–H and O–H groups in total. The van der Waals surface area contributed by atoms with Crippen molar-refractivity contribution in [2.45, 2.75) is 58.6 Å². The van der Waals surface area contributed by atoms with E-state index in [-0.39, 0.29) is 17.3 Å². The van der Waals surface area contributed by atoms with Crippen LogP contribution in [0.3, 0.4) is 0 Å². The summed E-state index contributed by atoms with van der Waals surface area (Å²) in [7, 11) is 0. The summed E-state index contributed by atoms with van der Waals surface area (Å²) in [5, 5.41) is 0.700. The predicted octanol–water partition coefficient (Wildman–Crippen LogP) is 4.01. The lowest BCUT2D eigenvalue weighted by Gasteiger charge is -2.14. The predicted molar refractivity (Wildman–Crippen MR) is 108 cm³/mol. The van der Waals surface area contributed by atoms with Crippen LogP contribution in [0.15, 0.2) is 18.2 Å². The third-order valence-corrected chi connectivity index (χ3v) is 5.28. The Labute approximate surface area is 167 Å². The number of carbonyl (C=O) groups is 2. The standard InChI is InChI=1S/C17H18ClNO.C5H10O2/c1-12-13(4-2-6-16(12)18)7-8-17(20)14-10-15-5-3-9-19(15)11-14;1-5(2,3)7-4-6/h2,4,6,14-15H,3,5,9-11H2,1H3;4H,1-3H3. The van der Waals surface area contributed by atoms with E-state index < -0.39 is 0 Å². The van der Waals surface area contributed by atoms with E-state index in [1.807, 2.05) is 45.9 Å². The van der Waals surface area contributed by atoms with Crippen LogP contribution in [0.4, 0.5) is 0 Å². The zero-order chi connectivity index (χ0) is 20.0. The first-order valence-electron chi connectivity index (χ1n) is 9.37.